The van der Waals surface area contributed by atoms with Crippen molar-refractivity contribution in [2.45, 2.75) is 59.2 Å². The van der Waals surface area contributed by atoms with E-state index < -0.39 is 6.10 Å². The molecule has 0 spiro atoms. The number of nitrogens with one attached hydrogen (secondary N) is 1. The largest absolute Gasteiger partial charge is 0.493 e. The highest BCUT2D eigenvalue weighted by Crippen LogP contribution is 2.29. The highest BCUT2D eigenvalue weighted by atomic mass is 16.5. The second-order valence-corrected chi connectivity index (χ2v) is 7.66. The molecule has 5 heteroatoms. The SMILES string of the molecule is CCO[C@H](CCc1ccc(C)cc1)C(=O)NCCc1ccc(OC(C)C)c(OC)c1. The fourth-order valence-electron chi connectivity index (χ4n) is 3.21. The van der Waals surface area contributed by atoms with Crippen LogP contribution in [0.3, 0.4) is 0 Å². The minimum absolute atomic E-state index is 0.0595. The van der Waals surface area contributed by atoms with Crippen LogP contribution in [-0.4, -0.2) is 38.4 Å². The molecule has 0 aliphatic carbocycles. The van der Waals surface area contributed by atoms with Gasteiger partial charge < -0.3 is 19.5 Å². The van der Waals surface area contributed by atoms with Crippen LogP contribution >= 0.6 is 0 Å². The van der Waals surface area contributed by atoms with Crippen molar-refractivity contribution in [2.24, 2.45) is 0 Å². The van der Waals surface area contributed by atoms with Gasteiger partial charge in [0.15, 0.2) is 11.5 Å². The Morgan fingerprint density at radius 3 is 2.33 bits per heavy atom. The van der Waals surface area contributed by atoms with Crippen molar-refractivity contribution >= 4 is 5.91 Å². The minimum atomic E-state index is -0.437. The number of ether oxygens (including phenoxy) is 3. The van der Waals surface area contributed by atoms with E-state index in [9.17, 15) is 4.79 Å². The quantitative estimate of drug-likeness (QED) is 0.557. The molecule has 1 atom stereocenters. The molecule has 164 valence electrons. The van der Waals surface area contributed by atoms with Gasteiger partial charge in [-0.05, 0) is 70.2 Å². The molecule has 0 unspecified atom stereocenters. The fourth-order valence-corrected chi connectivity index (χ4v) is 3.21. The number of benzene rings is 2. The van der Waals surface area contributed by atoms with Crippen molar-refractivity contribution < 1.29 is 19.0 Å². The van der Waals surface area contributed by atoms with E-state index in [1.807, 2.05) is 39.0 Å². The molecule has 30 heavy (non-hydrogen) atoms. The molecule has 0 aliphatic rings. The summed E-state index contributed by atoms with van der Waals surface area (Å²) in [5.41, 5.74) is 3.53. The molecule has 0 fully saturated rings. The summed E-state index contributed by atoms with van der Waals surface area (Å²) in [6.45, 7) is 9.01. The van der Waals surface area contributed by atoms with E-state index in [1.54, 1.807) is 7.11 Å². The highest BCUT2D eigenvalue weighted by Gasteiger charge is 2.18. The number of aryl methyl sites for hydroxylation is 2. The first-order valence-electron chi connectivity index (χ1n) is 10.7. The highest BCUT2D eigenvalue weighted by molar-refractivity contribution is 5.80. The van der Waals surface area contributed by atoms with Crippen molar-refractivity contribution in [1.82, 2.24) is 5.32 Å². The van der Waals surface area contributed by atoms with Crippen LogP contribution in [-0.2, 0) is 22.4 Å². The monoisotopic (exact) mass is 413 g/mol. The number of rotatable bonds is 12. The molecule has 0 radical (unpaired) electrons. The van der Waals surface area contributed by atoms with E-state index in [2.05, 4.69) is 36.5 Å². The van der Waals surface area contributed by atoms with Gasteiger partial charge in [0.25, 0.3) is 0 Å². The average molecular weight is 414 g/mol. The third-order valence-electron chi connectivity index (χ3n) is 4.78. The van der Waals surface area contributed by atoms with Crippen LogP contribution < -0.4 is 14.8 Å². The maximum atomic E-state index is 12.6. The summed E-state index contributed by atoms with van der Waals surface area (Å²) in [7, 11) is 1.63. The number of methoxy groups -OCH3 is 1. The van der Waals surface area contributed by atoms with Gasteiger partial charge in [-0.15, -0.1) is 0 Å². The molecule has 2 aromatic rings. The summed E-state index contributed by atoms with van der Waals surface area (Å²) >= 11 is 0. The Morgan fingerprint density at radius 1 is 1.00 bits per heavy atom. The summed E-state index contributed by atoms with van der Waals surface area (Å²) in [5, 5.41) is 3.01. The maximum Gasteiger partial charge on any atom is 0.249 e. The number of hydrogen-bond donors (Lipinski definition) is 1. The second kappa shape index (κ2) is 12.2. The van der Waals surface area contributed by atoms with Gasteiger partial charge in [-0.25, -0.2) is 0 Å². The molecule has 5 nitrogen and oxygen atoms in total. The van der Waals surface area contributed by atoms with Gasteiger partial charge in [-0.3, -0.25) is 4.79 Å². The van der Waals surface area contributed by atoms with Crippen LogP contribution in [0.4, 0.5) is 0 Å². The van der Waals surface area contributed by atoms with E-state index in [4.69, 9.17) is 14.2 Å². The Hall–Kier alpha value is -2.53. The molecule has 0 aromatic heterocycles. The molecule has 0 heterocycles. The fraction of sp³-hybridized carbons (Fsp3) is 0.480. The first-order chi connectivity index (χ1) is 14.4. The first kappa shape index (κ1) is 23.7. The lowest BCUT2D eigenvalue weighted by Crippen LogP contribution is -2.37. The van der Waals surface area contributed by atoms with Gasteiger partial charge in [0.05, 0.1) is 13.2 Å². The van der Waals surface area contributed by atoms with Crippen LogP contribution in [0.25, 0.3) is 0 Å². The maximum absolute atomic E-state index is 12.6. The molecular weight excluding hydrogens is 378 g/mol. The van der Waals surface area contributed by atoms with Crippen molar-refractivity contribution in [1.29, 1.82) is 0 Å². The van der Waals surface area contributed by atoms with Crippen LogP contribution in [0.15, 0.2) is 42.5 Å². The number of carbonyl (C=O) groups excluding carboxylic acids is 1. The summed E-state index contributed by atoms with van der Waals surface area (Å²) in [5.74, 6) is 1.38. The molecule has 2 aromatic carbocycles. The third-order valence-corrected chi connectivity index (χ3v) is 4.78. The Labute approximate surface area is 180 Å². The van der Waals surface area contributed by atoms with Crippen molar-refractivity contribution in [3.05, 3.63) is 59.2 Å². The van der Waals surface area contributed by atoms with E-state index >= 15 is 0 Å². The lowest BCUT2D eigenvalue weighted by atomic mass is 10.0. The zero-order valence-electron chi connectivity index (χ0n) is 18.9. The van der Waals surface area contributed by atoms with Crippen LogP contribution in [0.5, 0.6) is 11.5 Å². The average Bonchev–Trinajstić information content (AvgIpc) is 2.72. The smallest absolute Gasteiger partial charge is 0.249 e. The van der Waals surface area contributed by atoms with Crippen molar-refractivity contribution in [3.63, 3.8) is 0 Å². The minimum Gasteiger partial charge on any atom is -0.493 e. The number of hydrogen-bond acceptors (Lipinski definition) is 4. The molecular formula is C25H35NO4. The van der Waals surface area contributed by atoms with E-state index in [0.29, 0.717) is 31.7 Å². The molecule has 1 N–H and O–H groups in total. The van der Waals surface area contributed by atoms with Gasteiger partial charge in [0.1, 0.15) is 6.10 Å². The van der Waals surface area contributed by atoms with E-state index in [1.165, 1.54) is 11.1 Å². The summed E-state index contributed by atoms with van der Waals surface area (Å²) in [6, 6.07) is 14.3. The van der Waals surface area contributed by atoms with Gasteiger partial charge >= 0.3 is 0 Å². The Kier molecular flexibility index (Phi) is 9.68. The zero-order valence-corrected chi connectivity index (χ0v) is 18.9. The van der Waals surface area contributed by atoms with Crippen LogP contribution in [0.1, 0.15) is 43.9 Å². The molecule has 2 rings (SSSR count). The molecule has 0 saturated carbocycles. The summed E-state index contributed by atoms with van der Waals surface area (Å²) in [6.07, 6.45) is 1.83. The molecule has 0 aliphatic heterocycles. The standard InChI is InChI=1S/C25H35NO4/c1-6-29-23(14-11-20-9-7-19(4)8-10-20)25(27)26-16-15-21-12-13-22(30-18(2)3)24(17-21)28-5/h7-10,12-13,17-18,23H,6,11,14-16H2,1-5H3,(H,26,27)/t23-/m1/s1. The summed E-state index contributed by atoms with van der Waals surface area (Å²) < 4.78 is 16.9. The first-order valence-corrected chi connectivity index (χ1v) is 10.7. The van der Waals surface area contributed by atoms with Crippen molar-refractivity contribution in [3.8, 4) is 11.5 Å². The van der Waals surface area contributed by atoms with Crippen molar-refractivity contribution in [2.75, 3.05) is 20.3 Å². The van der Waals surface area contributed by atoms with Gasteiger partial charge in [0.2, 0.25) is 5.91 Å². The summed E-state index contributed by atoms with van der Waals surface area (Å²) in [4.78, 5) is 12.6. The Morgan fingerprint density at radius 2 is 1.70 bits per heavy atom. The topological polar surface area (TPSA) is 56.8 Å². The Balaban J connectivity index is 1.86. The molecule has 0 bridgehead atoms. The van der Waals surface area contributed by atoms with Gasteiger partial charge in [-0.1, -0.05) is 35.9 Å². The lowest BCUT2D eigenvalue weighted by molar-refractivity contribution is -0.132. The number of carbonyl (C=O) groups is 1. The van der Waals surface area contributed by atoms with Crippen LogP contribution in [0, 0.1) is 6.92 Å². The van der Waals surface area contributed by atoms with E-state index in [-0.39, 0.29) is 12.0 Å². The molecule has 1 amide bonds. The van der Waals surface area contributed by atoms with Gasteiger partial charge in [-0.2, -0.15) is 0 Å². The predicted molar refractivity (Wildman–Crippen MR) is 120 cm³/mol. The van der Waals surface area contributed by atoms with Crippen LogP contribution in [0.2, 0.25) is 0 Å². The normalized spacial score (nSPS) is 11.9. The predicted octanol–water partition coefficient (Wildman–Crippen LogP) is 4.49. The Bertz CT molecular complexity index is 786. The van der Waals surface area contributed by atoms with Gasteiger partial charge in [0, 0.05) is 13.2 Å². The third kappa shape index (κ3) is 7.71. The lowest BCUT2D eigenvalue weighted by Gasteiger charge is -2.17. The second-order valence-electron chi connectivity index (χ2n) is 7.66. The molecule has 0 saturated heterocycles. The van der Waals surface area contributed by atoms with E-state index in [0.717, 1.165) is 17.7 Å². The zero-order chi connectivity index (χ0) is 21.9. The number of amides is 1.